The first-order chi connectivity index (χ1) is 6.14. The van der Waals surface area contributed by atoms with Crippen molar-refractivity contribution in [1.29, 1.82) is 0 Å². The standard InChI is InChI=1S/C11H23NO/c1-11(2,9-12)7-4-8-13-10-5-3-6-10/h10H,3-9,12H2,1-2H3. The molecule has 0 amide bonds. The van der Waals surface area contributed by atoms with Gasteiger partial charge in [0.25, 0.3) is 0 Å². The zero-order valence-corrected chi connectivity index (χ0v) is 9.01. The fourth-order valence-corrected chi connectivity index (χ4v) is 1.44. The van der Waals surface area contributed by atoms with Crippen LogP contribution in [-0.2, 0) is 4.74 Å². The minimum Gasteiger partial charge on any atom is -0.378 e. The van der Waals surface area contributed by atoms with Gasteiger partial charge in [0, 0.05) is 6.61 Å². The van der Waals surface area contributed by atoms with Gasteiger partial charge in [-0.3, -0.25) is 0 Å². The van der Waals surface area contributed by atoms with Gasteiger partial charge in [-0.05, 0) is 44.1 Å². The average Bonchev–Trinajstić information content (AvgIpc) is 2.01. The summed E-state index contributed by atoms with van der Waals surface area (Å²) in [5, 5.41) is 0. The van der Waals surface area contributed by atoms with Crippen molar-refractivity contribution in [2.75, 3.05) is 13.2 Å². The van der Waals surface area contributed by atoms with E-state index in [1.165, 1.54) is 25.7 Å². The molecule has 0 spiro atoms. The highest BCUT2D eigenvalue weighted by molar-refractivity contribution is 4.71. The Kier molecular flexibility index (Phi) is 4.20. The van der Waals surface area contributed by atoms with Gasteiger partial charge < -0.3 is 10.5 Å². The van der Waals surface area contributed by atoms with Crippen LogP contribution in [0.3, 0.4) is 0 Å². The third-order valence-electron chi connectivity index (χ3n) is 2.96. The molecule has 1 aliphatic carbocycles. The lowest BCUT2D eigenvalue weighted by Crippen LogP contribution is -2.25. The topological polar surface area (TPSA) is 35.2 Å². The molecule has 0 bridgehead atoms. The third-order valence-corrected chi connectivity index (χ3v) is 2.96. The third kappa shape index (κ3) is 4.10. The molecule has 1 saturated carbocycles. The highest BCUT2D eigenvalue weighted by Crippen LogP contribution is 2.24. The van der Waals surface area contributed by atoms with Crippen molar-refractivity contribution in [2.24, 2.45) is 11.1 Å². The molecule has 1 fully saturated rings. The van der Waals surface area contributed by atoms with Gasteiger partial charge in [0.1, 0.15) is 0 Å². The summed E-state index contributed by atoms with van der Waals surface area (Å²) >= 11 is 0. The van der Waals surface area contributed by atoms with Gasteiger partial charge in [0.05, 0.1) is 6.10 Å². The molecule has 2 nitrogen and oxygen atoms in total. The van der Waals surface area contributed by atoms with E-state index < -0.39 is 0 Å². The monoisotopic (exact) mass is 185 g/mol. The zero-order chi connectivity index (χ0) is 9.73. The summed E-state index contributed by atoms with van der Waals surface area (Å²) in [4.78, 5) is 0. The van der Waals surface area contributed by atoms with Crippen LogP contribution in [0.25, 0.3) is 0 Å². The normalized spacial score (nSPS) is 18.7. The summed E-state index contributed by atoms with van der Waals surface area (Å²) in [5.41, 5.74) is 5.94. The molecule has 0 unspecified atom stereocenters. The van der Waals surface area contributed by atoms with E-state index in [0.29, 0.717) is 11.5 Å². The van der Waals surface area contributed by atoms with E-state index in [2.05, 4.69) is 13.8 Å². The van der Waals surface area contributed by atoms with E-state index in [1.54, 1.807) is 0 Å². The Morgan fingerprint density at radius 3 is 2.54 bits per heavy atom. The van der Waals surface area contributed by atoms with Crippen molar-refractivity contribution < 1.29 is 4.74 Å². The van der Waals surface area contributed by atoms with E-state index in [0.717, 1.165) is 19.6 Å². The predicted molar refractivity (Wildman–Crippen MR) is 55.7 cm³/mol. The molecule has 0 aliphatic heterocycles. The maximum atomic E-state index is 5.68. The summed E-state index contributed by atoms with van der Waals surface area (Å²) in [5.74, 6) is 0. The lowest BCUT2D eigenvalue weighted by Gasteiger charge is -2.27. The van der Waals surface area contributed by atoms with Crippen LogP contribution in [-0.4, -0.2) is 19.3 Å². The molecule has 13 heavy (non-hydrogen) atoms. The minimum atomic E-state index is 0.295. The quantitative estimate of drug-likeness (QED) is 0.644. The van der Waals surface area contributed by atoms with Crippen molar-refractivity contribution in [1.82, 2.24) is 0 Å². The summed E-state index contributed by atoms with van der Waals surface area (Å²) in [6.07, 6.45) is 6.83. The largest absolute Gasteiger partial charge is 0.378 e. The Labute approximate surface area is 81.8 Å². The number of hydrogen-bond acceptors (Lipinski definition) is 2. The van der Waals surface area contributed by atoms with E-state index in [1.807, 2.05) is 0 Å². The summed E-state index contributed by atoms with van der Waals surface area (Å²) in [7, 11) is 0. The number of ether oxygens (including phenoxy) is 1. The second kappa shape index (κ2) is 4.97. The molecule has 0 saturated heterocycles. The van der Waals surface area contributed by atoms with Crippen LogP contribution in [0.2, 0.25) is 0 Å². The Morgan fingerprint density at radius 2 is 2.08 bits per heavy atom. The number of rotatable bonds is 6. The van der Waals surface area contributed by atoms with Crippen LogP contribution in [0.5, 0.6) is 0 Å². The second-order valence-electron chi connectivity index (χ2n) is 4.90. The Bertz CT molecular complexity index is 141. The second-order valence-corrected chi connectivity index (χ2v) is 4.90. The molecule has 1 rings (SSSR count). The smallest absolute Gasteiger partial charge is 0.0575 e. The molecular formula is C11H23NO. The predicted octanol–water partition coefficient (Wildman–Crippen LogP) is 2.32. The van der Waals surface area contributed by atoms with Gasteiger partial charge in [0.15, 0.2) is 0 Å². The SMILES string of the molecule is CC(C)(CN)CCCOC1CCC1. The summed E-state index contributed by atoms with van der Waals surface area (Å²) in [6.45, 7) is 6.14. The minimum absolute atomic E-state index is 0.295. The molecule has 2 heteroatoms. The Morgan fingerprint density at radius 1 is 1.38 bits per heavy atom. The molecule has 0 atom stereocenters. The highest BCUT2D eigenvalue weighted by Gasteiger charge is 2.18. The van der Waals surface area contributed by atoms with Crippen molar-refractivity contribution >= 4 is 0 Å². The van der Waals surface area contributed by atoms with Gasteiger partial charge in [-0.1, -0.05) is 13.8 Å². The molecule has 0 heterocycles. The van der Waals surface area contributed by atoms with E-state index in [4.69, 9.17) is 10.5 Å². The summed E-state index contributed by atoms with van der Waals surface area (Å²) < 4.78 is 5.68. The fourth-order valence-electron chi connectivity index (χ4n) is 1.44. The Hall–Kier alpha value is -0.0800. The van der Waals surface area contributed by atoms with Crippen molar-refractivity contribution in [2.45, 2.75) is 52.1 Å². The molecule has 0 aromatic rings. The van der Waals surface area contributed by atoms with Crippen LogP contribution in [0.15, 0.2) is 0 Å². The molecule has 2 N–H and O–H groups in total. The van der Waals surface area contributed by atoms with Crippen molar-refractivity contribution in [3.63, 3.8) is 0 Å². The van der Waals surface area contributed by atoms with Gasteiger partial charge >= 0.3 is 0 Å². The summed E-state index contributed by atoms with van der Waals surface area (Å²) in [6, 6.07) is 0. The first kappa shape index (κ1) is 11.0. The van der Waals surface area contributed by atoms with Crippen LogP contribution in [0.4, 0.5) is 0 Å². The first-order valence-corrected chi connectivity index (χ1v) is 5.46. The molecule has 1 aliphatic rings. The van der Waals surface area contributed by atoms with Gasteiger partial charge in [0.2, 0.25) is 0 Å². The van der Waals surface area contributed by atoms with E-state index in [9.17, 15) is 0 Å². The lowest BCUT2D eigenvalue weighted by atomic mass is 9.88. The van der Waals surface area contributed by atoms with Crippen molar-refractivity contribution in [3.8, 4) is 0 Å². The van der Waals surface area contributed by atoms with Crippen LogP contribution in [0.1, 0.15) is 46.0 Å². The first-order valence-electron chi connectivity index (χ1n) is 5.46. The molecular weight excluding hydrogens is 162 g/mol. The van der Waals surface area contributed by atoms with Crippen LogP contribution < -0.4 is 5.73 Å². The van der Waals surface area contributed by atoms with E-state index >= 15 is 0 Å². The fraction of sp³-hybridized carbons (Fsp3) is 1.00. The molecule has 78 valence electrons. The van der Waals surface area contributed by atoms with Gasteiger partial charge in [-0.15, -0.1) is 0 Å². The molecule has 0 aromatic carbocycles. The average molecular weight is 185 g/mol. The zero-order valence-electron chi connectivity index (χ0n) is 9.01. The maximum Gasteiger partial charge on any atom is 0.0575 e. The number of nitrogens with two attached hydrogens (primary N) is 1. The van der Waals surface area contributed by atoms with Crippen LogP contribution >= 0.6 is 0 Å². The van der Waals surface area contributed by atoms with E-state index in [-0.39, 0.29) is 0 Å². The maximum absolute atomic E-state index is 5.68. The molecule has 0 radical (unpaired) electrons. The lowest BCUT2D eigenvalue weighted by molar-refractivity contribution is -0.00190. The number of hydrogen-bond donors (Lipinski definition) is 1. The Balaban J connectivity index is 1.93. The van der Waals surface area contributed by atoms with Crippen molar-refractivity contribution in [3.05, 3.63) is 0 Å². The van der Waals surface area contributed by atoms with Gasteiger partial charge in [-0.25, -0.2) is 0 Å². The molecule has 0 aromatic heterocycles. The van der Waals surface area contributed by atoms with Crippen LogP contribution in [0, 0.1) is 5.41 Å². The van der Waals surface area contributed by atoms with Gasteiger partial charge in [-0.2, -0.15) is 0 Å². The highest BCUT2D eigenvalue weighted by atomic mass is 16.5.